The number of nitrogens with one attached hydrogen (secondary N) is 1. The van der Waals surface area contributed by atoms with Crippen LogP contribution >= 0.6 is 0 Å². The van der Waals surface area contributed by atoms with Crippen LogP contribution in [0.2, 0.25) is 0 Å². The molecule has 8 N–H and O–H groups in total. The molecular formula is C36H69NO10. The number of carbonyl (C=O) groups is 1. The molecule has 0 spiro atoms. The van der Waals surface area contributed by atoms with E-state index in [1.807, 2.05) is 0 Å². The molecule has 0 aromatic rings. The van der Waals surface area contributed by atoms with Gasteiger partial charge in [0, 0.05) is 0 Å². The maximum absolute atomic E-state index is 12.9. The zero-order valence-corrected chi connectivity index (χ0v) is 29.3. The average molecular weight is 676 g/mol. The molecule has 1 aliphatic heterocycles. The molecule has 0 radical (unpaired) electrons. The summed E-state index contributed by atoms with van der Waals surface area (Å²) in [5.74, 6) is -0.711. The lowest BCUT2D eigenvalue weighted by molar-refractivity contribution is -0.303. The Bertz CT molecular complexity index is 785. The summed E-state index contributed by atoms with van der Waals surface area (Å²) in [6.45, 7) is 3.25. The predicted molar refractivity (Wildman–Crippen MR) is 182 cm³/mol. The van der Waals surface area contributed by atoms with Crippen LogP contribution in [-0.2, 0) is 14.3 Å². The van der Waals surface area contributed by atoms with E-state index in [1.54, 1.807) is 0 Å². The third-order valence-electron chi connectivity index (χ3n) is 9.07. The van der Waals surface area contributed by atoms with Crippen molar-refractivity contribution in [3.05, 3.63) is 12.2 Å². The highest BCUT2D eigenvalue weighted by molar-refractivity contribution is 5.80. The number of hydrogen-bond donors (Lipinski definition) is 8. The highest BCUT2D eigenvalue weighted by Crippen LogP contribution is 2.23. The van der Waals surface area contributed by atoms with E-state index in [0.29, 0.717) is 19.3 Å². The molecule has 1 heterocycles. The lowest BCUT2D eigenvalue weighted by atomic mass is 9.98. The van der Waals surface area contributed by atoms with Crippen LogP contribution in [-0.4, -0.2) is 110 Å². The molecule has 47 heavy (non-hydrogen) atoms. The molecule has 0 saturated carbocycles. The Morgan fingerprint density at radius 2 is 1.23 bits per heavy atom. The second kappa shape index (κ2) is 27.6. The van der Waals surface area contributed by atoms with Crippen LogP contribution in [0.1, 0.15) is 142 Å². The van der Waals surface area contributed by atoms with Crippen molar-refractivity contribution in [2.75, 3.05) is 13.2 Å². The SMILES string of the molecule is CCCCCCCC/C=C\CCCCCCCCC(O)C(=O)NC(COC1OC(CO)C(O)C(O)C1O)C(O)C(O)CCCCCC. The van der Waals surface area contributed by atoms with Gasteiger partial charge in [0.05, 0.1) is 25.4 Å². The molecule has 9 atom stereocenters. The summed E-state index contributed by atoms with van der Waals surface area (Å²) in [7, 11) is 0. The maximum Gasteiger partial charge on any atom is 0.249 e. The molecule has 1 amide bonds. The fourth-order valence-electron chi connectivity index (χ4n) is 5.84. The van der Waals surface area contributed by atoms with Gasteiger partial charge in [-0.3, -0.25) is 4.79 Å². The molecule has 1 rings (SSSR count). The van der Waals surface area contributed by atoms with Crippen molar-refractivity contribution in [3.63, 3.8) is 0 Å². The second-order valence-corrected chi connectivity index (χ2v) is 13.3. The summed E-state index contributed by atoms with van der Waals surface area (Å²) in [6.07, 6.45) is 13.5. The minimum atomic E-state index is -1.66. The molecule has 11 heteroatoms. The van der Waals surface area contributed by atoms with Gasteiger partial charge in [0.1, 0.15) is 36.6 Å². The molecule has 11 nitrogen and oxygen atoms in total. The van der Waals surface area contributed by atoms with Gasteiger partial charge in [-0.2, -0.15) is 0 Å². The first-order chi connectivity index (χ1) is 22.7. The Kier molecular flexibility index (Phi) is 25.8. The Hall–Kier alpha value is -1.15. The van der Waals surface area contributed by atoms with Crippen LogP contribution in [0, 0.1) is 0 Å². The van der Waals surface area contributed by atoms with E-state index < -0.39 is 74.2 Å². The predicted octanol–water partition coefficient (Wildman–Crippen LogP) is 3.77. The first-order valence-corrected chi connectivity index (χ1v) is 18.6. The van der Waals surface area contributed by atoms with E-state index in [1.165, 1.54) is 44.9 Å². The van der Waals surface area contributed by atoms with Crippen molar-refractivity contribution in [2.24, 2.45) is 0 Å². The smallest absolute Gasteiger partial charge is 0.249 e. The molecule has 0 aromatic carbocycles. The van der Waals surface area contributed by atoms with E-state index in [0.717, 1.165) is 57.8 Å². The third-order valence-corrected chi connectivity index (χ3v) is 9.07. The monoisotopic (exact) mass is 675 g/mol. The van der Waals surface area contributed by atoms with Crippen LogP contribution in [0.4, 0.5) is 0 Å². The Labute approximate surface area is 283 Å². The van der Waals surface area contributed by atoms with Gasteiger partial charge in [0.15, 0.2) is 6.29 Å². The highest BCUT2D eigenvalue weighted by atomic mass is 16.7. The van der Waals surface area contributed by atoms with Gasteiger partial charge in [0.2, 0.25) is 5.91 Å². The minimum Gasteiger partial charge on any atom is -0.394 e. The van der Waals surface area contributed by atoms with Crippen molar-refractivity contribution in [2.45, 2.75) is 197 Å². The summed E-state index contributed by atoms with van der Waals surface area (Å²) in [5.41, 5.74) is 0. The summed E-state index contributed by atoms with van der Waals surface area (Å²) in [5, 5.41) is 74.5. The van der Waals surface area contributed by atoms with Crippen molar-refractivity contribution in [3.8, 4) is 0 Å². The minimum absolute atomic E-state index is 0.253. The van der Waals surface area contributed by atoms with Gasteiger partial charge in [0.25, 0.3) is 0 Å². The van der Waals surface area contributed by atoms with Crippen LogP contribution in [0.3, 0.4) is 0 Å². The van der Waals surface area contributed by atoms with Crippen molar-refractivity contribution < 1.29 is 50.0 Å². The second-order valence-electron chi connectivity index (χ2n) is 13.3. The number of hydrogen-bond acceptors (Lipinski definition) is 10. The fourth-order valence-corrected chi connectivity index (χ4v) is 5.84. The van der Waals surface area contributed by atoms with Gasteiger partial charge >= 0.3 is 0 Å². The van der Waals surface area contributed by atoms with Crippen LogP contribution in [0.15, 0.2) is 12.2 Å². The summed E-state index contributed by atoms with van der Waals surface area (Å²) in [4.78, 5) is 12.9. The van der Waals surface area contributed by atoms with Crippen LogP contribution in [0.25, 0.3) is 0 Å². The van der Waals surface area contributed by atoms with Crippen LogP contribution in [0.5, 0.6) is 0 Å². The molecule has 278 valence electrons. The Morgan fingerprint density at radius 3 is 1.81 bits per heavy atom. The number of amides is 1. The van der Waals surface area contributed by atoms with Crippen molar-refractivity contribution in [1.29, 1.82) is 0 Å². The van der Waals surface area contributed by atoms with Gasteiger partial charge in [-0.05, 0) is 38.5 Å². The van der Waals surface area contributed by atoms with Gasteiger partial charge in [-0.25, -0.2) is 0 Å². The molecule has 1 saturated heterocycles. The van der Waals surface area contributed by atoms with Gasteiger partial charge in [-0.1, -0.05) is 116 Å². The van der Waals surface area contributed by atoms with E-state index in [9.17, 15) is 40.5 Å². The quantitative estimate of drug-likeness (QED) is 0.0428. The van der Waals surface area contributed by atoms with Crippen LogP contribution < -0.4 is 5.32 Å². The third kappa shape index (κ3) is 19.0. The molecule has 1 aliphatic rings. The molecule has 0 aliphatic carbocycles. The number of ether oxygens (including phenoxy) is 2. The zero-order valence-electron chi connectivity index (χ0n) is 29.3. The number of aliphatic hydroxyl groups excluding tert-OH is 7. The molecule has 0 aromatic heterocycles. The van der Waals surface area contributed by atoms with Gasteiger partial charge < -0.3 is 50.5 Å². The Morgan fingerprint density at radius 1 is 0.723 bits per heavy atom. The number of unbranched alkanes of at least 4 members (excludes halogenated alkanes) is 15. The number of rotatable bonds is 29. The number of carbonyl (C=O) groups excluding carboxylic acids is 1. The lowest BCUT2D eigenvalue weighted by Crippen LogP contribution is -2.60. The standard InChI is InChI=1S/C36H69NO10/c1-3-5-7-9-10-11-12-13-14-15-16-17-18-19-20-22-24-29(40)35(45)37-27(31(41)28(39)23-21-8-6-4-2)26-46-36-34(44)33(43)32(42)30(25-38)47-36/h13-14,27-34,36,38-44H,3-12,15-26H2,1-2H3,(H,37,45)/b14-13-. The average Bonchev–Trinajstić information content (AvgIpc) is 3.07. The molecule has 0 bridgehead atoms. The van der Waals surface area contributed by atoms with E-state index in [-0.39, 0.29) is 6.42 Å². The molecular weight excluding hydrogens is 606 g/mol. The van der Waals surface area contributed by atoms with Gasteiger partial charge in [-0.15, -0.1) is 0 Å². The van der Waals surface area contributed by atoms with Crippen molar-refractivity contribution >= 4 is 5.91 Å². The Balaban J connectivity index is 2.45. The summed E-state index contributed by atoms with van der Waals surface area (Å²) in [6, 6.07) is -1.16. The zero-order chi connectivity index (χ0) is 34.9. The maximum atomic E-state index is 12.9. The first-order valence-electron chi connectivity index (χ1n) is 18.6. The van der Waals surface area contributed by atoms with E-state index >= 15 is 0 Å². The largest absolute Gasteiger partial charge is 0.394 e. The molecule has 9 unspecified atom stereocenters. The number of aliphatic hydroxyl groups is 7. The first kappa shape index (κ1) is 43.9. The molecule has 1 fully saturated rings. The van der Waals surface area contributed by atoms with E-state index in [4.69, 9.17) is 9.47 Å². The number of allylic oxidation sites excluding steroid dienone is 2. The van der Waals surface area contributed by atoms with E-state index in [2.05, 4.69) is 31.3 Å². The summed E-state index contributed by atoms with van der Waals surface area (Å²) >= 11 is 0. The fraction of sp³-hybridized carbons (Fsp3) is 0.917. The highest BCUT2D eigenvalue weighted by Gasteiger charge is 2.44. The summed E-state index contributed by atoms with van der Waals surface area (Å²) < 4.78 is 10.9. The lowest BCUT2D eigenvalue weighted by Gasteiger charge is -2.40. The van der Waals surface area contributed by atoms with Crippen molar-refractivity contribution in [1.82, 2.24) is 5.32 Å². The topological polar surface area (TPSA) is 189 Å². The normalized spacial score (nSPS) is 24.3.